The summed E-state index contributed by atoms with van der Waals surface area (Å²) in [4.78, 5) is 17.7. The number of hydrogen-bond donors (Lipinski definition) is 4. The number of aromatic nitrogens is 1. The third kappa shape index (κ3) is 16.9. The Bertz CT molecular complexity index is 1750. The largest absolute Gasteiger partial charge is 0.458 e. The molecule has 0 aliphatic carbocycles. The molecule has 0 aromatic carbocycles. The number of carbonyl (C=O) groups excluding carboxylic acids is 1. The summed E-state index contributed by atoms with van der Waals surface area (Å²) in [5.74, 6) is -1.26. The van der Waals surface area contributed by atoms with E-state index in [9.17, 15) is 25.2 Å². The summed E-state index contributed by atoms with van der Waals surface area (Å²) in [6, 6.07) is 0. The highest BCUT2D eigenvalue weighted by Gasteiger charge is 2.46. The van der Waals surface area contributed by atoms with Crippen LogP contribution in [0.2, 0.25) is 0 Å². The summed E-state index contributed by atoms with van der Waals surface area (Å²) in [5.41, 5.74) is 1.56. The normalized spacial score (nSPS) is 37.7. The van der Waals surface area contributed by atoms with Crippen molar-refractivity contribution in [1.29, 1.82) is 0 Å². The maximum absolute atomic E-state index is 13.0. The Kier molecular flexibility index (Phi) is 23.0. The number of nitrogens with zero attached hydrogens (tertiary/aromatic N) is 1. The van der Waals surface area contributed by atoms with Crippen LogP contribution < -0.4 is 0 Å². The van der Waals surface area contributed by atoms with E-state index in [0.29, 0.717) is 18.0 Å². The molecule has 1 fully saturated rings. The molecule has 2 aliphatic rings. The number of ether oxygens (including phenoxy) is 6. The number of hydrogen-bond acceptors (Lipinski definition) is 13. The van der Waals surface area contributed by atoms with Crippen molar-refractivity contribution in [2.75, 3.05) is 21.3 Å². The molecule has 13 heteroatoms. The molecule has 62 heavy (non-hydrogen) atoms. The van der Waals surface area contributed by atoms with E-state index >= 15 is 0 Å². The molecule has 3 rings (SSSR count). The van der Waals surface area contributed by atoms with Gasteiger partial charge in [-0.25, -0.2) is 9.78 Å². The highest BCUT2D eigenvalue weighted by Crippen LogP contribution is 2.30. The number of carbonyl (C=O) groups is 1. The molecule has 13 nitrogen and oxygen atoms in total. The average Bonchev–Trinajstić information content (AvgIpc) is 3.71. The Balaban J connectivity index is 1.96. The van der Waals surface area contributed by atoms with E-state index in [2.05, 4.69) is 11.1 Å². The minimum atomic E-state index is -0.903. The van der Waals surface area contributed by atoms with Crippen LogP contribution in [-0.4, -0.2) is 120 Å². The molecule has 1 aromatic rings. The highest BCUT2D eigenvalue weighted by atomic mass is 16.7. The second-order valence-corrected chi connectivity index (χ2v) is 16.2. The lowest BCUT2D eigenvalue weighted by atomic mass is 9.86. The number of methoxy groups -OCH3 is 3. The number of aliphatic hydroxyl groups excluding tert-OH is 4. The quantitative estimate of drug-likeness (QED) is 0.189. The lowest BCUT2D eigenvalue weighted by molar-refractivity contribution is -0.310. The summed E-state index contributed by atoms with van der Waals surface area (Å²) in [5, 5.41) is 42.3. The molecule has 4 N–H and O–H groups in total. The van der Waals surface area contributed by atoms with Gasteiger partial charge in [-0.2, -0.15) is 0 Å². The topological polar surface area (TPSA) is 179 Å². The molecule has 1 aromatic heterocycles. The third-order valence-corrected chi connectivity index (χ3v) is 11.1. The van der Waals surface area contributed by atoms with Crippen LogP contribution in [0.3, 0.4) is 0 Å². The molecule has 10 unspecified atom stereocenters. The second kappa shape index (κ2) is 27.2. The van der Waals surface area contributed by atoms with Crippen LogP contribution in [-0.2, 0) is 33.2 Å². The van der Waals surface area contributed by atoms with Crippen LogP contribution in [0.5, 0.6) is 0 Å². The van der Waals surface area contributed by atoms with Crippen LogP contribution in [0.4, 0.5) is 0 Å². The van der Waals surface area contributed by atoms with Gasteiger partial charge in [-0.05, 0) is 33.3 Å². The Labute approximate surface area is 368 Å². The van der Waals surface area contributed by atoms with Crippen LogP contribution >= 0.6 is 0 Å². The van der Waals surface area contributed by atoms with Gasteiger partial charge < -0.3 is 53.3 Å². The van der Waals surface area contributed by atoms with E-state index in [1.54, 1.807) is 76.7 Å². The van der Waals surface area contributed by atoms with E-state index in [1.807, 2.05) is 76.3 Å². The second-order valence-electron chi connectivity index (χ2n) is 16.2. The molecular weight excluding hydrogens is 795 g/mol. The van der Waals surface area contributed by atoms with Gasteiger partial charge in [0.05, 0.1) is 42.5 Å². The van der Waals surface area contributed by atoms with Gasteiger partial charge in [-0.3, -0.25) is 0 Å². The van der Waals surface area contributed by atoms with Crippen molar-refractivity contribution in [3.05, 3.63) is 121 Å². The van der Waals surface area contributed by atoms with Gasteiger partial charge in [0, 0.05) is 51.6 Å². The predicted octanol–water partition coefficient (Wildman–Crippen LogP) is 6.88. The number of aliphatic hydroxyl groups is 4. The number of allylic oxidation sites excluding steroid dienone is 12. The first kappa shape index (κ1) is 52.3. The Morgan fingerprint density at radius 1 is 0.790 bits per heavy atom. The van der Waals surface area contributed by atoms with Crippen molar-refractivity contribution in [2.45, 2.75) is 135 Å². The zero-order chi connectivity index (χ0) is 45.8. The van der Waals surface area contributed by atoms with Gasteiger partial charge in [0.25, 0.3) is 0 Å². The molecule has 3 heterocycles. The number of cyclic esters (lactones) is 1. The van der Waals surface area contributed by atoms with Crippen LogP contribution in [0.15, 0.2) is 113 Å². The van der Waals surface area contributed by atoms with Crippen LogP contribution in [0.25, 0.3) is 6.08 Å². The Morgan fingerprint density at radius 2 is 1.42 bits per heavy atom. The Hall–Kier alpha value is -4.02. The molecule has 2 bridgehead atoms. The molecule has 0 amide bonds. The fourth-order valence-electron chi connectivity index (χ4n) is 7.36. The predicted molar refractivity (Wildman–Crippen MR) is 240 cm³/mol. The lowest BCUT2D eigenvalue weighted by Gasteiger charge is -2.43. The van der Waals surface area contributed by atoms with E-state index in [-0.39, 0.29) is 30.3 Å². The molecule has 0 spiro atoms. The van der Waals surface area contributed by atoms with Crippen molar-refractivity contribution in [3.8, 4) is 0 Å². The average molecular weight is 866 g/mol. The maximum Gasteiger partial charge on any atom is 0.331 e. The van der Waals surface area contributed by atoms with E-state index in [0.717, 1.165) is 5.57 Å². The summed E-state index contributed by atoms with van der Waals surface area (Å²) in [7, 11) is 4.63. The molecule has 0 saturated carbocycles. The number of esters is 1. The summed E-state index contributed by atoms with van der Waals surface area (Å²) >= 11 is 0. The fourth-order valence-corrected chi connectivity index (χ4v) is 7.36. The minimum Gasteiger partial charge on any atom is -0.458 e. The molecular formula is C49H71NO12. The van der Waals surface area contributed by atoms with Gasteiger partial charge in [0.2, 0.25) is 0 Å². The van der Waals surface area contributed by atoms with E-state index in [4.69, 9.17) is 32.8 Å². The molecule has 15 atom stereocenters. The third-order valence-electron chi connectivity index (χ3n) is 11.1. The van der Waals surface area contributed by atoms with Crippen LogP contribution in [0.1, 0.15) is 78.8 Å². The Morgan fingerprint density at radius 3 is 2.08 bits per heavy atom. The van der Waals surface area contributed by atoms with Gasteiger partial charge in [0.1, 0.15) is 36.4 Å². The van der Waals surface area contributed by atoms with E-state index in [1.165, 1.54) is 20.3 Å². The number of oxazole rings is 1. The zero-order valence-electron chi connectivity index (χ0n) is 38.0. The molecule has 2 aliphatic heterocycles. The number of rotatable bonds is 9. The summed E-state index contributed by atoms with van der Waals surface area (Å²) in [6.07, 6.45) is 24.8. The van der Waals surface area contributed by atoms with Gasteiger partial charge in [-0.15, -0.1) is 0 Å². The minimum absolute atomic E-state index is 0.141. The van der Waals surface area contributed by atoms with E-state index < -0.39 is 73.1 Å². The van der Waals surface area contributed by atoms with Crippen molar-refractivity contribution < 1.29 is 58.1 Å². The van der Waals surface area contributed by atoms with Crippen molar-refractivity contribution >= 4 is 12.0 Å². The first-order chi connectivity index (χ1) is 29.6. The lowest BCUT2D eigenvalue weighted by Crippen LogP contribution is -2.59. The zero-order valence-corrected chi connectivity index (χ0v) is 38.0. The highest BCUT2D eigenvalue weighted by molar-refractivity contribution is 5.82. The van der Waals surface area contributed by atoms with Gasteiger partial charge in [-0.1, -0.05) is 124 Å². The summed E-state index contributed by atoms with van der Waals surface area (Å²) in [6.45, 7) is 13.0. The molecule has 344 valence electrons. The summed E-state index contributed by atoms with van der Waals surface area (Å²) < 4.78 is 41.4. The SMILES string of the molecule is COC1CC(O)/C=C/C=C/C=C\C(C)C(C(C)C(O)CC(C)O)OC(=O)\C=C/C=C/C=C\C(C)=C\C(C)C(O[C@@H]2O[C@H](C)[C@@H](O)[C@H](OC)[C@H]2OC)/C=C\C=C\c2coc(n2)C1C. The monoisotopic (exact) mass is 865 g/mol. The van der Waals surface area contributed by atoms with Crippen molar-refractivity contribution in [3.63, 3.8) is 0 Å². The maximum atomic E-state index is 13.0. The first-order valence-electron chi connectivity index (χ1n) is 21.4. The standard InChI is InChI=1S/C49H71NO12/c1-31-21-15-11-14-18-26-43(54)62-45(35(5)40(53)28-34(4)51)32(2)22-16-12-13-17-24-39(52)29-42(56-8)36(6)48-50-38(30-59-48)23-19-20-25-41(33(3)27-31)61-49-47(58-10)46(57-9)44(55)37(7)60-49/h11-27,30,32-37,39-42,44-47,49,51-53,55H,28-29H2,1-10H3/b13-12+,14-11+,21-15-,22-16-,23-19+,24-17+,25-20-,26-18-,31-27+/t32?,33?,34?,35?,36?,37-,39?,40?,41?,42?,44-,45?,46+,47-,49+/m1/s1. The van der Waals surface area contributed by atoms with Gasteiger partial charge in [0.15, 0.2) is 12.2 Å². The fraction of sp³-hybridized carbons (Fsp3) is 0.551. The van der Waals surface area contributed by atoms with Crippen molar-refractivity contribution in [1.82, 2.24) is 4.98 Å². The molecule has 1 saturated heterocycles. The van der Waals surface area contributed by atoms with Gasteiger partial charge >= 0.3 is 5.97 Å². The molecule has 0 radical (unpaired) electrons. The van der Waals surface area contributed by atoms with Crippen molar-refractivity contribution in [2.24, 2.45) is 17.8 Å². The first-order valence-corrected chi connectivity index (χ1v) is 21.4. The number of fused-ring (bicyclic) bond motifs is 2. The van der Waals surface area contributed by atoms with Crippen LogP contribution in [0, 0.1) is 17.8 Å². The smallest absolute Gasteiger partial charge is 0.331 e.